The van der Waals surface area contributed by atoms with Gasteiger partial charge in [0, 0.05) is 22.5 Å². The van der Waals surface area contributed by atoms with Crippen LogP contribution in [0, 0.1) is 0 Å². The van der Waals surface area contributed by atoms with Gasteiger partial charge in [-0.3, -0.25) is 0 Å². The van der Waals surface area contributed by atoms with Gasteiger partial charge in [-0.25, -0.2) is 4.79 Å². The molecular weight excluding hydrogens is 322 g/mol. The molecule has 2 rings (SSSR count). The third-order valence-corrected chi connectivity index (χ3v) is 3.37. The molecule has 0 aliphatic heterocycles. The minimum atomic E-state index is -0.455. The first-order chi connectivity index (χ1) is 10.6. The fraction of sp³-hybridized carbons (Fsp3) is 0.200. The summed E-state index contributed by atoms with van der Waals surface area (Å²) in [5.41, 5.74) is 1.61. The van der Waals surface area contributed by atoms with E-state index < -0.39 is 5.97 Å². The molecule has 5 nitrogen and oxygen atoms in total. The largest absolute Gasteiger partial charge is 0.461 e. The average molecular weight is 338 g/mol. The molecule has 0 aliphatic carbocycles. The number of hydrogen-bond acceptors (Lipinski definition) is 3. The first kappa shape index (κ1) is 16.3. The predicted molar refractivity (Wildman–Crippen MR) is 93.7 cm³/mol. The molecule has 0 saturated carbocycles. The smallest absolute Gasteiger partial charge is 0.356 e. The Labute approximate surface area is 138 Å². The summed E-state index contributed by atoms with van der Waals surface area (Å²) in [5, 5.41) is 7.68. The molecule has 1 aromatic heterocycles. The van der Waals surface area contributed by atoms with Gasteiger partial charge in [0.1, 0.15) is 5.69 Å². The summed E-state index contributed by atoms with van der Waals surface area (Å²) < 4.78 is 5.07. The third-order valence-electron chi connectivity index (χ3n) is 2.89. The number of fused-ring (bicyclic) bond motifs is 1. The molecule has 0 radical (unpaired) electrons. The molecule has 1 aromatic carbocycles. The maximum absolute atomic E-state index is 12.1. The van der Waals surface area contributed by atoms with Crippen molar-refractivity contribution >= 4 is 51.5 Å². The Morgan fingerprint density at radius 1 is 1.55 bits per heavy atom. The van der Waals surface area contributed by atoms with E-state index in [9.17, 15) is 4.79 Å². The van der Waals surface area contributed by atoms with E-state index in [0.29, 0.717) is 28.1 Å². The third kappa shape index (κ3) is 3.58. The molecule has 0 unspecified atom stereocenters. The van der Waals surface area contributed by atoms with Gasteiger partial charge in [0.15, 0.2) is 5.11 Å². The summed E-state index contributed by atoms with van der Waals surface area (Å²) in [6.45, 7) is 6.17. The van der Waals surface area contributed by atoms with E-state index >= 15 is 0 Å². The van der Waals surface area contributed by atoms with Crippen molar-refractivity contribution in [3.05, 3.63) is 41.6 Å². The zero-order valence-corrected chi connectivity index (χ0v) is 13.6. The predicted octanol–water partition coefficient (Wildman–Crippen LogP) is 3.47. The Hall–Kier alpha value is -2.05. The Morgan fingerprint density at radius 3 is 3.00 bits per heavy atom. The highest BCUT2D eigenvalue weighted by Gasteiger charge is 2.19. The molecule has 0 bridgehead atoms. The van der Waals surface area contributed by atoms with E-state index in [1.165, 1.54) is 0 Å². The van der Waals surface area contributed by atoms with Crippen LogP contribution in [0.1, 0.15) is 17.4 Å². The van der Waals surface area contributed by atoms with Crippen LogP contribution in [0.3, 0.4) is 0 Å². The number of benzene rings is 1. The number of ether oxygens (including phenoxy) is 1. The Bertz CT molecular complexity index is 727. The lowest BCUT2D eigenvalue weighted by Crippen LogP contribution is -2.29. The molecule has 0 amide bonds. The number of halogens is 1. The van der Waals surface area contributed by atoms with E-state index in [1.807, 2.05) is 0 Å². The van der Waals surface area contributed by atoms with Gasteiger partial charge in [-0.15, -0.1) is 6.58 Å². The number of carbonyl (C=O) groups is 1. The number of hydrogen-bond donors (Lipinski definition) is 3. The second-order valence-corrected chi connectivity index (χ2v) is 5.25. The Kier molecular flexibility index (Phi) is 5.41. The van der Waals surface area contributed by atoms with Crippen molar-refractivity contribution in [2.75, 3.05) is 18.5 Å². The molecule has 2 aromatic rings. The van der Waals surface area contributed by atoms with Crippen molar-refractivity contribution in [3.63, 3.8) is 0 Å². The van der Waals surface area contributed by atoms with Crippen LogP contribution in [0.25, 0.3) is 10.9 Å². The molecule has 3 N–H and O–H groups in total. The molecule has 7 heteroatoms. The van der Waals surface area contributed by atoms with Crippen LogP contribution in [-0.2, 0) is 4.74 Å². The van der Waals surface area contributed by atoms with Crippen LogP contribution >= 0.6 is 23.8 Å². The quantitative estimate of drug-likeness (QED) is 0.443. The highest BCUT2D eigenvalue weighted by molar-refractivity contribution is 7.80. The average Bonchev–Trinajstić information content (AvgIpc) is 2.83. The van der Waals surface area contributed by atoms with Crippen molar-refractivity contribution in [3.8, 4) is 0 Å². The maximum Gasteiger partial charge on any atom is 0.356 e. The molecule has 0 aliphatic rings. The molecular formula is C15H16ClN3O2S. The number of thiocarbonyl (C=S) groups is 1. The first-order valence-electron chi connectivity index (χ1n) is 6.71. The SMILES string of the molecule is C=CCNC(=S)Nc1c(C(=O)OCC)[nH]c2ccc(Cl)cc12. The molecule has 22 heavy (non-hydrogen) atoms. The van der Waals surface area contributed by atoms with Gasteiger partial charge in [-0.1, -0.05) is 17.7 Å². The normalized spacial score (nSPS) is 10.3. The standard InChI is InChI=1S/C15H16ClN3O2S/c1-3-7-17-15(22)19-12-10-8-9(16)5-6-11(10)18-13(12)14(20)21-4-2/h3,5-6,8,18H,1,4,7H2,2H3,(H2,17,19,22). The number of rotatable bonds is 5. The number of aromatic nitrogens is 1. The number of anilines is 1. The van der Waals surface area contributed by atoms with Gasteiger partial charge in [0.2, 0.25) is 0 Å². The van der Waals surface area contributed by atoms with Gasteiger partial charge >= 0.3 is 5.97 Å². The number of nitrogens with one attached hydrogen (secondary N) is 3. The van der Waals surface area contributed by atoms with Gasteiger partial charge < -0.3 is 20.4 Å². The lowest BCUT2D eigenvalue weighted by molar-refractivity contribution is 0.0522. The molecule has 116 valence electrons. The number of H-pyrrole nitrogens is 1. The maximum atomic E-state index is 12.1. The minimum Gasteiger partial charge on any atom is -0.461 e. The fourth-order valence-corrected chi connectivity index (χ4v) is 2.33. The zero-order valence-electron chi connectivity index (χ0n) is 12.0. The van der Waals surface area contributed by atoms with Crippen LogP contribution < -0.4 is 10.6 Å². The number of esters is 1. The van der Waals surface area contributed by atoms with E-state index in [2.05, 4.69) is 22.2 Å². The van der Waals surface area contributed by atoms with Gasteiger partial charge in [0.05, 0.1) is 12.3 Å². The molecule has 0 atom stereocenters. The van der Waals surface area contributed by atoms with Gasteiger partial charge in [0.25, 0.3) is 0 Å². The van der Waals surface area contributed by atoms with Crippen LogP contribution in [0.2, 0.25) is 5.02 Å². The fourth-order valence-electron chi connectivity index (χ4n) is 1.97. The Morgan fingerprint density at radius 2 is 2.32 bits per heavy atom. The first-order valence-corrected chi connectivity index (χ1v) is 7.49. The summed E-state index contributed by atoms with van der Waals surface area (Å²) in [4.78, 5) is 15.1. The van der Waals surface area contributed by atoms with Gasteiger partial charge in [-0.2, -0.15) is 0 Å². The summed E-state index contributed by atoms with van der Waals surface area (Å²) in [6.07, 6.45) is 1.69. The minimum absolute atomic E-state index is 0.285. The van der Waals surface area contributed by atoms with Crippen LogP contribution in [0.4, 0.5) is 5.69 Å². The molecule has 0 saturated heterocycles. The molecule has 0 spiro atoms. The van der Waals surface area contributed by atoms with Crippen molar-refractivity contribution < 1.29 is 9.53 Å². The van der Waals surface area contributed by atoms with Crippen molar-refractivity contribution in [2.24, 2.45) is 0 Å². The van der Waals surface area contributed by atoms with Crippen molar-refractivity contribution in [2.45, 2.75) is 6.92 Å². The number of carbonyl (C=O) groups excluding carboxylic acids is 1. The molecule has 1 heterocycles. The molecule has 0 fully saturated rings. The highest BCUT2D eigenvalue weighted by atomic mass is 35.5. The lowest BCUT2D eigenvalue weighted by Gasteiger charge is -2.10. The summed E-state index contributed by atoms with van der Waals surface area (Å²) in [6, 6.07) is 5.30. The second kappa shape index (κ2) is 7.29. The van der Waals surface area contributed by atoms with Crippen LogP contribution in [0.15, 0.2) is 30.9 Å². The van der Waals surface area contributed by atoms with E-state index in [1.54, 1.807) is 31.2 Å². The van der Waals surface area contributed by atoms with Crippen LogP contribution in [0.5, 0.6) is 0 Å². The van der Waals surface area contributed by atoms with E-state index in [0.717, 1.165) is 10.9 Å². The summed E-state index contributed by atoms with van der Waals surface area (Å²) in [7, 11) is 0. The van der Waals surface area contributed by atoms with Crippen molar-refractivity contribution in [1.29, 1.82) is 0 Å². The second-order valence-electron chi connectivity index (χ2n) is 4.41. The van der Waals surface area contributed by atoms with E-state index in [4.69, 9.17) is 28.6 Å². The number of aromatic amines is 1. The van der Waals surface area contributed by atoms with Gasteiger partial charge in [-0.05, 0) is 37.3 Å². The lowest BCUT2D eigenvalue weighted by atomic mass is 10.2. The van der Waals surface area contributed by atoms with Crippen molar-refractivity contribution in [1.82, 2.24) is 10.3 Å². The van der Waals surface area contributed by atoms with Crippen LogP contribution in [-0.4, -0.2) is 29.2 Å². The van der Waals surface area contributed by atoms with E-state index in [-0.39, 0.29) is 6.61 Å². The highest BCUT2D eigenvalue weighted by Crippen LogP contribution is 2.30. The topological polar surface area (TPSA) is 66.2 Å². The summed E-state index contributed by atoms with van der Waals surface area (Å²) >= 11 is 11.2. The zero-order chi connectivity index (χ0) is 16.1. The Balaban J connectivity index is 2.44. The monoisotopic (exact) mass is 337 g/mol. The summed E-state index contributed by atoms with van der Waals surface area (Å²) in [5.74, 6) is -0.455.